The van der Waals surface area contributed by atoms with Crippen molar-refractivity contribution in [2.24, 2.45) is 5.92 Å². The average Bonchev–Trinajstić information content (AvgIpc) is 2.80. The highest BCUT2D eigenvalue weighted by Crippen LogP contribution is 2.23. The van der Waals surface area contributed by atoms with Crippen molar-refractivity contribution in [1.82, 2.24) is 4.90 Å². The van der Waals surface area contributed by atoms with Crippen molar-refractivity contribution >= 4 is 23.3 Å². The first-order chi connectivity index (χ1) is 14.6. The second kappa shape index (κ2) is 10.7. The predicted octanol–water partition coefficient (Wildman–Crippen LogP) is 3.30. The molecule has 30 heavy (non-hydrogen) atoms. The quantitative estimate of drug-likeness (QED) is 0.440. The van der Waals surface area contributed by atoms with Crippen LogP contribution in [0, 0.1) is 17.2 Å². The van der Waals surface area contributed by atoms with Crippen molar-refractivity contribution in [2.75, 3.05) is 43.0 Å². The standard InChI is InChI=1S/C23H30N4O3/c1-2-30-23(29)18-10-14-27(15-11-18)22(28)19(16-24)17-25-20-6-8-21(9-7-20)26-12-4-3-5-13-26/h6-9,17-18,25H,2-5,10-15H2,1H3/b19-17-. The van der Waals surface area contributed by atoms with Gasteiger partial charge in [0.15, 0.2) is 0 Å². The lowest BCUT2D eigenvalue weighted by atomic mass is 9.96. The Kier molecular flexibility index (Phi) is 7.72. The molecule has 1 N–H and O–H groups in total. The summed E-state index contributed by atoms with van der Waals surface area (Å²) in [6.07, 6.45) is 6.35. The normalized spacial score (nSPS) is 17.9. The number of carbonyl (C=O) groups excluding carboxylic acids is 2. The number of nitriles is 1. The minimum absolute atomic E-state index is 0.0599. The summed E-state index contributed by atoms with van der Waals surface area (Å²) in [6, 6.07) is 10.1. The van der Waals surface area contributed by atoms with Crippen LogP contribution in [0.5, 0.6) is 0 Å². The molecular weight excluding hydrogens is 380 g/mol. The summed E-state index contributed by atoms with van der Waals surface area (Å²) in [7, 11) is 0. The first-order valence-electron chi connectivity index (χ1n) is 10.8. The predicted molar refractivity (Wildman–Crippen MR) is 116 cm³/mol. The van der Waals surface area contributed by atoms with E-state index in [1.165, 1.54) is 31.1 Å². The van der Waals surface area contributed by atoms with Gasteiger partial charge < -0.3 is 19.9 Å². The molecule has 0 aromatic heterocycles. The summed E-state index contributed by atoms with van der Waals surface area (Å²) in [4.78, 5) is 28.5. The van der Waals surface area contributed by atoms with Crippen LogP contribution in [0.3, 0.4) is 0 Å². The number of likely N-dealkylation sites (tertiary alicyclic amines) is 1. The smallest absolute Gasteiger partial charge is 0.309 e. The fourth-order valence-corrected chi connectivity index (χ4v) is 3.97. The number of carbonyl (C=O) groups is 2. The first kappa shape index (κ1) is 21.7. The fourth-order valence-electron chi connectivity index (χ4n) is 3.97. The lowest BCUT2D eigenvalue weighted by Crippen LogP contribution is -2.41. The molecule has 0 bridgehead atoms. The summed E-state index contributed by atoms with van der Waals surface area (Å²) in [6.45, 7) is 5.23. The molecule has 0 atom stereocenters. The van der Waals surface area contributed by atoms with Gasteiger partial charge in [-0.05, 0) is 63.3 Å². The van der Waals surface area contributed by atoms with Crippen LogP contribution in [-0.2, 0) is 14.3 Å². The van der Waals surface area contributed by atoms with E-state index in [1.807, 2.05) is 18.2 Å². The third kappa shape index (κ3) is 5.53. The van der Waals surface area contributed by atoms with Crippen molar-refractivity contribution in [3.63, 3.8) is 0 Å². The summed E-state index contributed by atoms with van der Waals surface area (Å²) >= 11 is 0. The highest BCUT2D eigenvalue weighted by atomic mass is 16.5. The molecule has 2 fully saturated rings. The molecule has 2 aliphatic rings. The van der Waals surface area contributed by atoms with Gasteiger partial charge in [0.05, 0.1) is 12.5 Å². The number of benzene rings is 1. The van der Waals surface area contributed by atoms with E-state index in [4.69, 9.17) is 4.74 Å². The molecule has 2 heterocycles. The van der Waals surface area contributed by atoms with E-state index >= 15 is 0 Å². The van der Waals surface area contributed by atoms with Crippen LogP contribution < -0.4 is 10.2 Å². The minimum Gasteiger partial charge on any atom is -0.466 e. The van der Waals surface area contributed by atoms with Crippen LogP contribution in [0.25, 0.3) is 0 Å². The van der Waals surface area contributed by atoms with Crippen LogP contribution in [0.2, 0.25) is 0 Å². The summed E-state index contributed by atoms with van der Waals surface area (Å²) in [5, 5.41) is 12.5. The van der Waals surface area contributed by atoms with Crippen LogP contribution in [0.4, 0.5) is 11.4 Å². The van der Waals surface area contributed by atoms with Crippen molar-refractivity contribution in [3.8, 4) is 6.07 Å². The van der Waals surface area contributed by atoms with Crippen LogP contribution >= 0.6 is 0 Å². The number of esters is 1. The second-order valence-corrected chi connectivity index (χ2v) is 7.73. The number of hydrogen-bond donors (Lipinski definition) is 1. The number of nitrogens with zero attached hydrogens (tertiary/aromatic N) is 3. The SMILES string of the molecule is CCOC(=O)C1CCN(C(=O)/C(C#N)=C\Nc2ccc(N3CCCCC3)cc2)CC1. The number of nitrogens with one attached hydrogen (secondary N) is 1. The minimum atomic E-state index is -0.308. The first-order valence-corrected chi connectivity index (χ1v) is 10.8. The van der Waals surface area contributed by atoms with E-state index in [2.05, 4.69) is 22.3 Å². The third-order valence-electron chi connectivity index (χ3n) is 5.72. The number of hydrogen-bond acceptors (Lipinski definition) is 6. The molecule has 0 aliphatic carbocycles. The van der Waals surface area contributed by atoms with E-state index < -0.39 is 0 Å². The highest BCUT2D eigenvalue weighted by Gasteiger charge is 2.29. The summed E-state index contributed by atoms with van der Waals surface area (Å²) < 4.78 is 5.06. The zero-order chi connectivity index (χ0) is 21.3. The van der Waals surface area contributed by atoms with Gasteiger partial charge in [-0.15, -0.1) is 0 Å². The Balaban J connectivity index is 1.54. The van der Waals surface area contributed by atoms with Crippen molar-refractivity contribution in [1.29, 1.82) is 5.26 Å². The van der Waals surface area contributed by atoms with Gasteiger partial charge in [-0.25, -0.2) is 0 Å². The Morgan fingerprint density at radius 1 is 1.13 bits per heavy atom. The van der Waals surface area contributed by atoms with Gasteiger partial charge in [0, 0.05) is 43.8 Å². The lowest BCUT2D eigenvalue weighted by molar-refractivity contribution is -0.150. The van der Waals surface area contributed by atoms with Crippen LogP contribution in [-0.4, -0.2) is 49.6 Å². The monoisotopic (exact) mass is 410 g/mol. The zero-order valence-corrected chi connectivity index (χ0v) is 17.6. The Hall–Kier alpha value is -3.01. The maximum Gasteiger partial charge on any atom is 0.309 e. The molecule has 2 saturated heterocycles. The molecule has 2 aliphatic heterocycles. The molecule has 0 saturated carbocycles. The molecule has 0 spiro atoms. The van der Waals surface area contributed by atoms with Gasteiger partial charge in [-0.2, -0.15) is 5.26 Å². The molecule has 0 radical (unpaired) electrons. The number of anilines is 2. The maximum absolute atomic E-state index is 12.7. The number of rotatable bonds is 6. The van der Waals surface area contributed by atoms with Crippen molar-refractivity contribution in [2.45, 2.75) is 39.0 Å². The number of ether oxygens (including phenoxy) is 1. The Morgan fingerprint density at radius 3 is 2.40 bits per heavy atom. The number of amides is 1. The summed E-state index contributed by atoms with van der Waals surface area (Å²) in [5.41, 5.74) is 2.09. The van der Waals surface area contributed by atoms with Crippen LogP contribution in [0.1, 0.15) is 39.0 Å². The van der Waals surface area contributed by atoms with Gasteiger partial charge in [0.1, 0.15) is 11.6 Å². The third-order valence-corrected chi connectivity index (χ3v) is 5.72. The van der Waals surface area contributed by atoms with E-state index in [0.29, 0.717) is 32.5 Å². The Morgan fingerprint density at radius 2 is 1.80 bits per heavy atom. The molecule has 7 heteroatoms. The average molecular weight is 411 g/mol. The number of piperidine rings is 2. The van der Waals surface area contributed by atoms with Crippen LogP contribution in [0.15, 0.2) is 36.0 Å². The van der Waals surface area contributed by atoms with E-state index in [-0.39, 0.29) is 23.4 Å². The Bertz CT molecular complexity index is 799. The van der Waals surface area contributed by atoms with Gasteiger partial charge in [0.25, 0.3) is 5.91 Å². The topological polar surface area (TPSA) is 85.7 Å². The summed E-state index contributed by atoms with van der Waals surface area (Å²) in [5.74, 6) is -0.674. The van der Waals surface area contributed by atoms with Gasteiger partial charge in [0.2, 0.25) is 0 Å². The largest absolute Gasteiger partial charge is 0.466 e. The fraction of sp³-hybridized carbons (Fsp3) is 0.522. The Labute approximate surface area is 178 Å². The molecule has 3 rings (SSSR count). The molecule has 1 amide bonds. The highest BCUT2D eigenvalue weighted by molar-refractivity contribution is 5.97. The van der Waals surface area contributed by atoms with E-state index in [1.54, 1.807) is 11.8 Å². The lowest BCUT2D eigenvalue weighted by Gasteiger charge is -2.30. The van der Waals surface area contributed by atoms with Gasteiger partial charge in [-0.3, -0.25) is 9.59 Å². The van der Waals surface area contributed by atoms with E-state index in [0.717, 1.165) is 18.8 Å². The molecule has 0 unspecified atom stereocenters. The van der Waals surface area contributed by atoms with Crippen molar-refractivity contribution in [3.05, 3.63) is 36.0 Å². The van der Waals surface area contributed by atoms with Crippen molar-refractivity contribution < 1.29 is 14.3 Å². The van der Waals surface area contributed by atoms with Gasteiger partial charge in [-0.1, -0.05) is 0 Å². The molecule has 1 aromatic rings. The zero-order valence-electron chi connectivity index (χ0n) is 17.6. The second-order valence-electron chi connectivity index (χ2n) is 7.73. The molecule has 160 valence electrons. The van der Waals surface area contributed by atoms with E-state index in [9.17, 15) is 14.9 Å². The maximum atomic E-state index is 12.7. The van der Waals surface area contributed by atoms with Gasteiger partial charge >= 0.3 is 5.97 Å². The molecule has 7 nitrogen and oxygen atoms in total. The molecule has 1 aromatic carbocycles. The molecular formula is C23H30N4O3.